The second kappa shape index (κ2) is 15.8. The molecule has 0 aliphatic heterocycles. The van der Waals surface area contributed by atoms with Crippen LogP contribution in [0, 0.1) is 12.3 Å². The third-order valence-electron chi connectivity index (χ3n) is 2.62. The summed E-state index contributed by atoms with van der Waals surface area (Å²) in [7, 11) is 1.55. The predicted molar refractivity (Wildman–Crippen MR) is 105 cm³/mol. The molecule has 0 saturated heterocycles. The summed E-state index contributed by atoms with van der Waals surface area (Å²) in [5.41, 5.74) is 2.32. The van der Waals surface area contributed by atoms with E-state index in [1.807, 2.05) is 51.1 Å². The summed E-state index contributed by atoms with van der Waals surface area (Å²) in [4.78, 5) is 15.8. The minimum absolute atomic E-state index is 0.187. The van der Waals surface area contributed by atoms with Crippen LogP contribution in [0.2, 0.25) is 0 Å². The summed E-state index contributed by atoms with van der Waals surface area (Å²) in [6.07, 6.45) is 5.24. The molecule has 132 valence electrons. The van der Waals surface area contributed by atoms with Crippen molar-refractivity contribution in [1.29, 1.82) is 0 Å². The molecule has 24 heavy (non-hydrogen) atoms. The van der Waals surface area contributed by atoms with Crippen LogP contribution in [0.15, 0.2) is 46.5 Å². The number of carbonyl (C=O) groups excluding carboxylic acids is 1. The smallest absolute Gasteiger partial charge is 0.341 e. The Bertz CT molecular complexity index is 569. The summed E-state index contributed by atoms with van der Waals surface area (Å²) in [6, 6.07) is 9.88. The monoisotopic (exact) mass is 349 g/mol. The topological polar surface area (TPSA) is 38.7 Å². The predicted octanol–water partition coefficient (Wildman–Crippen LogP) is 5.04. The highest BCUT2D eigenvalue weighted by Crippen LogP contribution is 2.16. The first kappa shape index (κ1) is 24.2. The summed E-state index contributed by atoms with van der Waals surface area (Å²) >= 11 is 6.01. The minimum Gasteiger partial charge on any atom is -0.462 e. The molecule has 1 rings (SSSR count). The van der Waals surface area contributed by atoms with Crippen molar-refractivity contribution in [2.75, 3.05) is 13.7 Å². The molecular weight excluding hydrogens is 322 g/mol. The molecule has 0 aliphatic carbocycles. The van der Waals surface area contributed by atoms with E-state index >= 15 is 0 Å². The van der Waals surface area contributed by atoms with Gasteiger partial charge in [0.1, 0.15) is 5.17 Å². The maximum Gasteiger partial charge on any atom is 0.341 e. The second-order valence-corrected chi connectivity index (χ2v) is 4.70. The van der Waals surface area contributed by atoms with E-state index in [0.717, 1.165) is 11.1 Å². The zero-order chi connectivity index (χ0) is 19.0. The number of rotatable bonds is 5. The van der Waals surface area contributed by atoms with E-state index in [2.05, 4.69) is 17.3 Å². The zero-order valence-corrected chi connectivity index (χ0v) is 16.3. The molecule has 0 saturated carbocycles. The highest BCUT2D eigenvalue weighted by atomic mass is 35.5. The summed E-state index contributed by atoms with van der Waals surface area (Å²) in [6.45, 7) is 9.60. The second-order valence-electron chi connectivity index (χ2n) is 4.34. The minimum atomic E-state index is -0.425. The van der Waals surface area contributed by atoms with E-state index < -0.39 is 5.97 Å². The van der Waals surface area contributed by atoms with Gasteiger partial charge in [0, 0.05) is 7.05 Å². The third-order valence-corrected chi connectivity index (χ3v) is 2.98. The Labute approximate surface area is 151 Å². The molecule has 0 spiro atoms. The van der Waals surface area contributed by atoms with Crippen LogP contribution in [0.4, 0.5) is 0 Å². The lowest BCUT2D eigenvalue weighted by Gasteiger charge is -2.10. The van der Waals surface area contributed by atoms with Gasteiger partial charge in [0.25, 0.3) is 0 Å². The fourth-order valence-corrected chi connectivity index (χ4v) is 1.98. The van der Waals surface area contributed by atoms with Gasteiger partial charge in [0.2, 0.25) is 0 Å². The van der Waals surface area contributed by atoms with E-state index in [1.54, 1.807) is 20.9 Å². The average molecular weight is 350 g/mol. The fourth-order valence-electron chi connectivity index (χ4n) is 1.74. The molecule has 0 aliphatic rings. The summed E-state index contributed by atoms with van der Waals surface area (Å²) < 4.78 is 5.02. The van der Waals surface area contributed by atoms with E-state index in [-0.39, 0.29) is 5.17 Å². The van der Waals surface area contributed by atoms with E-state index in [4.69, 9.17) is 16.3 Å². The van der Waals surface area contributed by atoms with Gasteiger partial charge in [0.15, 0.2) is 0 Å². The van der Waals surface area contributed by atoms with Crippen LogP contribution in [-0.4, -0.2) is 24.8 Å². The van der Waals surface area contributed by atoms with Gasteiger partial charge < -0.3 is 4.74 Å². The molecule has 0 aromatic heterocycles. The van der Waals surface area contributed by atoms with Gasteiger partial charge in [0.05, 0.1) is 12.2 Å². The number of aliphatic imine (C=N–C) groups is 1. The first-order valence-corrected chi connectivity index (χ1v) is 8.30. The Morgan fingerprint density at radius 2 is 1.79 bits per heavy atom. The van der Waals surface area contributed by atoms with Gasteiger partial charge >= 0.3 is 5.97 Å². The molecular formula is C20H28ClNO2. The Morgan fingerprint density at radius 1 is 1.29 bits per heavy atom. The van der Waals surface area contributed by atoms with Crippen molar-refractivity contribution in [2.24, 2.45) is 4.99 Å². The number of esters is 1. The Hall–Kier alpha value is -2.05. The molecule has 0 atom stereocenters. The normalized spacial score (nSPS) is 10.8. The quantitative estimate of drug-likeness (QED) is 0.323. The zero-order valence-electron chi connectivity index (χ0n) is 15.5. The number of allylic oxidation sites excluding steroid dienone is 1. The number of terminal acetylenes is 1. The van der Waals surface area contributed by atoms with Crippen molar-refractivity contribution < 1.29 is 9.53 Å². The summed E-state index contributed by atoms with van der Waals surface area (Å²) in [5, 5.41) is 0.187. The molecule has 1 aromatic rings. The molecule has 1 aromatic carbocycles. The Morgan fingerprint density at radius 3 is 2.21 bits per heavy atom. The van der Waals surface area contributed by atoms with E-state index in [0.29, 0.717) is 18.6 Å². The molecule has 0 heterocycles. The number of hydrogen-bond donors (Lipinski definition) is 0. The maximum absolute atomic E-state index is 11.9. The van der Waals surface area contributed by atoms with Crippen LogP contribution < -0.4 is 0 Å². The Kier molecular flexibility index (Phi) is 16.0. The van der Waals surface area contributed by atoms with Crippen LogP contribution in [0.3, 0.4) is 0 Å². The molecule has 0 radical (unpaired) electrons. The number of benzene rings is 1. The van der Waals surface area contributed by atoms with Crippen LogP contribution in [0.25, 0.3) is 0 Å². The van der Waals surface area contributed by atoms with Crippen molar-refractivity contribution in [1.82, 2.24) is 0 Å². The van der Waals surface area contributed by atoms with Crippen LogP contribution in [-0.2, 0) is 16.0 Å². The molecule has 4 heteroatoms. The largest absolute Gasteiger partial charge is 0.462 e. The van der Waals surface area contributed by atoms with Gasteiger partial charge in [-0.25, -0.2) is 4.79 Å². The first-order valence-electron chi connectivity index (χ1n) is 7.92. The molecule has 0 N–H and O–H groups in total. The number of ether oxygens (including phenoxy) is 1. The fraction of sp³-hybridized carbons (Fsp3) is 0.400. The SMILES string of the molecule is C#CC.CC.CCOC(=O)/C(C(Cl)=NC)=C(/C)Cc1ccccc1. The van der Waals surface area contributed by atoms with E-state index in [1.165, 1.54) is 0 Å². The van der Waals surface area contributed by atoms with Gasteiger partial charge in [-0.3, -0.25) is 4.99 Å². The lowest BCUT2D eigenvalue weighted by molar-refractivity contribution is -0.137. The molecule has 3 nitrogen and oxygen atoms in total. The highest BCUT2D eigenvalue weighted by molar-refractivity contribution is 6.72. The Balaban J connectivity index is 0. The van der Waals surface area contributed by atoms with Crippen molar-refractivity contribution in [3.8, 4) is 12.3 Å². The van der Waals surface area contributed by atoms with Crippen molar-refractivity contribution in [3.63, 3.8) is 0 Å². The molecule has 0 fully saturated rings. The lowest BCUT2D eigenvalue weighted by atomic mass is 10.0. The van der Waals surface area contributed by atoms with Crippen LogP contribution >= 0.6 is 11.6 Å². The standard InChI is InChI=1S/C15H18ClNO2.C3H4.C2H6/c1-4-19-15(18)13(14(16)17-3)11(2)10-12-8-6-5-7-9-12;1-3-2;1-2/h5-9H,4,10H2,1-3H3;1H,2H3;1-2H3/b13-11-,17-14?;;. The molecule has 0 amide bonds. The molecule has 0 unspecified atom stereocenters. The lowest BCUT2D eigenvalue weighted by Crippen LogP contribution is -2.15. The summed E-state index contributed by atoms with van der Waals surface area (Å²) in [5.74, 6) is 1.83. The number of nitrogens with zero attached hydrogens (tertiary/aromatic N) is 1. The van der Waals surface area contributed by atoms with E-state index in [9.17, 15) is 4.79 Å². The third kappa shape index (κ3) is 9.86. The van der Waals surface area contributed by atoms with Crippen molar-refractivity contribution >= 4 is 22.7 Å². The number of halogens is 1. The van der Waals surface area contributed by atoms with Gasteiger partial charge in [-0.1, -0.05) is 61.4 Å². The number of hydrogen-bond acceptors (Lipinski definition) is 3. The van der Waals surface area contributed by atoms with Gasteiger partial charge in [-0.15, -0.1) is 12.3 Å². The van der Waals surface area contributed by atoms with Crippen LogP contribution in [0.5, 0.6) is 0 Å². The maximum atomic E-state index is 11.9. The molecule has 0 bridgehead atoms. The van der Waals surface area contributed by atoms with Gasteiger partial charge in [-0.05, 0) is 32.8 Å². The van der Waals surface area contributed by atoms with Crippen molar-refractivity contribution in [2.45, 2.75) is 41.0 Å². The van der Waals surface area contributed by atoms with Gasteiger partial charge in [-0.2, -0.15) is 0 Å². The van der Waals surface area contributed by atoms with Crippen molar-refractivity contribution in [3.05, 3.63) is 47.0 Å². The average Bonchev–Trinajstić information content (AvgIpc) is 2.58. The first-order chi connectivity index (χ1) is 11.5. The highest BCUT2D eigenvalue weighted by Gasteiger charge is 2.18. The van der Waals surface area contributed by atoms with Crippen LogP contribution in [0.1, 0.15) is 40.2 Å². The number of carbonyl (C=O) groups is 1.